The van der Waals surface area contributed by atoms with E-state index in [1.54, 1.807) is 34.9 Å². The summed E-state index contributed by atoms with van der Waals surface area (Å²) in [4.78, 5) is 42.4. The van der Waals surface area contributed by atoms with E-state index in [0.717, 1.165) is 19.3 Å². The number of para-hydroxylation sites is 1. The molecule has 1 atom stereocenters. The predicted molar refractivity (Wildman–Crippen MR) is 130 cm³/mol. The summed E-state index contributed by atoms with van der Waals surface area (Å²) in [5, 5.41) is 3.90. The molecule has 1 saturated heterocycles. The van der Waals surface area contributed by atoms with Crippen LogP contribution in [-0.2, 0) is 16.1 Å². The smallest absolute Gasteiger partial charge is 0.262 e. The lowest BCUT2D eigenvalue weighted by Gasteiger charge is -2.16. The number of ketones is 1. The molecule has 8 heteroatoms. The first-order chi connectivity index (χ1) is 16.0. The molecule has 1 aromatic heterocycles. The number of hydrogen-bond donors (Lipinski definition) is 1. The average Bonchev–Trinajstić information content (AvgIpc) is 3.33. The van der Waals surface area contributed by atoms with Gasteiger partial charge in [-0.2, -0.15) is 0 Å². The average molecular weight is 466 g/mol. The predicted octanol–water partition coefficient (Wildman–Crippen LogP) is 4.29. The Morgan fingerprint density at radius 3 is 2.70 bits per heavy atom. The van der Waals surface area contributed by atoms with Crippen molar-refractivity contribution >= 4 is 40.0 Å². The Morgan fingerprint density at radius 2 is 1.97 bits per heavy atom. The number of anilines is 1. The zero-order valence-corrected chi connectivity index (χ0v) is 19.4. The summed E-state index contributed by atoms with van der Waals surface area (Å²) in [5.74, 6) is 0.0360. The van der Waals surface area contributed by atoms with Crippen LogP contribution >= 0.6 is 11.8 Å². The van der Waals surface area contributed by atoms with E-state index in [0.29, 0.717) is 46.9 Å². The van der Waals surface area contributed by atoms with Crippen molar-refractivity contribution in [2.75, 3.05) is 17.7 Å². The number of nitrogens with one attached hydrogen (secondary N) is 1. The number of carbonyl (C=O) groups excluding carboxylic acids is 2. The van der Waals surface area contributed by atoms with Crippen LogP contribution < -0.4 is 10.9 Å². The molecule has 2 aromatic carbocycles. The Labute approximate surface area is 196 Å². The van der Waals surface area contributed by atoms with E-state index < -0.39 is 0 Å². The molecule has 1 N–H and O–H groups in total. The highest BCUT2D eigenvalue weighted by atomic mass is 32.2. The van der Waals surface area contributed by atoms with E-state index in [-0.39, 0.29) is 29.1 Å². The number of carbonyl (C=O) groups is 2. The summed E-state index contributed by atoms with van der Waals surface area (Å²) in [6.45, 7) is 3.08. The first kappa shape index (κ1) is 23.2. The third-order valence-corrected chi connectivity index (χ3v) is 6.51. The molecule has 1 fully saturated rings. The first-order valence-electron chi connectivity index (χ1n) is 11.2. The molecular formula is C25H27N3O4S. The molecule has 2 heterocycles. The number of rotatable bonds is 9. The minimum Gasteiger partial charge on any atom is -0.376 e. The first-order valence-corrected chi connectivity index (χ1v) is 12.2. The van der Waals surface area contributed by atoms with E-state index in [9.17, 15) is 14.4 Å². The van der Waals surface area contributed by atoms with Crippen LogP contribution in [0.3, 0.4) is 0 Å². The van der Waals surface area contributed by atoms with Crippen LogP contribution in [0.15, 0.2) is 58.5 Å². The van der Waals surface area contributed by atoms with Gasteiger partial charge in [0.25, 0.3) is 5.56 Å². The van der Waals surface area contributed by atoms with E-state index >= 15 is 0 Å². The summed E-state index contributed by atoms with van der Waals surface area (Å²) in [6.07, 6.45) is 3.11. The van der Waals surface area contributed by atoms with Crippen molar-refractivity contribution < 1.29 is 14.3 Å². The van der Waals surface area contributed by atoms with Crippen molar-refractivity contribution in [1.82, 2.24) is 9.55 Å². The fourth-order valence-corrected chi connectivity index (χ4v) is 4.72. The standard InChI is InChI=1S/C25H27N3O4S/c1-2-6-23(30)26-18-12-10-17(11-13-18)22(29)16-33-25-27-21-9-4-3-8-20(21)24(31)28(25)15-19-7-5-14-32-19/h3-4,8-13,19H,2,5-7,14-16H2,1H3,(H,26,30)/t19-/m0/s1. The van der Waals surface area contributed by atoms with Gasteiger partial charge in [0.2, 0.25) is 5.91 Å². The second-order valence-electron chi connectivity index (χ2n) is 8.05. The number of Topliss-reactive ketones (excluding diaryl/α,β-unsaturated/α-hetero) is 1. The van der Waals surface area contributed by atoms with Gasteiger partial charge >= 0.3 is 0 Å². The Balaban J connectivity index is 1.50. The quantitative estimate of drug-likeness (QED) is 0.288. The number of fused-ring (bicyclic) bond motifs is 1. The van der Waals surface area contributed by atoms with Gasteiger partial charge in [-0.15, -0.1) is 0 Å². The van der Waals surface area contributed by atoms with Crippen molar-refractivity contribution in [3.8, 4) is 0 Å². The topological polar surface area (TPSA) is 90.3 Å². The van der Waals surface area contributed by atoms with Crippen LogP contribution in [0.1, 0.15) is 43.0 Å². The number of ether oxygens (including phenoxy) is 1. The maximum atomic E-state index is 13.2. The number of thioether (sulfide) groups is 1. The van der Waals surface area contributed by atoms with Gasteiger partial charge in [-0.1, -0.05) is 30.8 Å². The second kappa shape index (κ2) is 10.8. The van der Waals surface area contributed by atoms with E-state index in [4.69, 9.17) is 4.74 Å². The number of amides is 1. The lowest BCUT2D eigenvalue weighted by Crippen LogP contribution is -2.29. The molecule has 0 radical (unpaired) electrons. The van der Waals surface area contributed by atoms with Crippen LogP contribution in [-0.4, -0.2) is 39.7 Å². The van der Waals surface area contributed by atoms with Crippen LogP contribution in [0.2, 0.25) is 0 Å². The third-order valence-electron chi connectivity index (χ3n) is 5.54. The molecule has 4 rings (SSSR count). The second-order valence-corrected chi connectivity index (χ2v) is 8.99. The lowest BCUT2D eigenvalue weighted by atomic mass is 10.1. The minimum atomic E-state index is -0.113. The van der Waals surface area contributed by atoms with Gasteiger partial charge in [0, 0.05) is 24.3 Å². The van der Waals surface area contributed by atoms with Crippen molar-refractivity contribution in [2.45, 2.75) is 50.4 Å². The molecule has 3 aromatic rings. The highest BCUT2D eigenvalue weighted by Crippen LogP contribution is 2.22. The van der Waals surface area contributed by atoms with Crippen molar-refractivity contribution in [2.24, 2.45) is 0 Å². The van der Waals surface area contributed by atoms with Gasteiger partial charge in [0.1, 0.15) is 0 Å². The van der Waals surface area contributed by atoms with Gasteiger partial charge in [0.05, 0.1) is 29.3 Å². The molecule has 172 valence electrons. The monoisotopic (exact) mass is 465 g/mol. The molecular weight excluding hydrogens is 438 g/mol. The molecule has 0 bridgehead atoms. The van der Waals surface area contributed by atoms with Crippen molar-refractivity contribution in [3.05, 3.63) is 64.4 Å². The van der Waals surface area contributed by atoms with Crippen molar-refractivity contribution in [1.29, 1.82) is 0 Å². The minimum absolute atomic E-state index is 0.0174. The van der Waals surface area contributed by atoms with Gasteiger partial charge < -0.3 is 10.1 Å². The molecule has 0 saturated carbocycles. The summed E-state index contributed by atoms with van der Waals surface area (Å²) in [7, 11) is 0. The summed E-state index contributed by atoms with van der Waals surface area (Å²) >= 11 is 1.26. The summed E-state index contributed by atoms with van der Waals surface area (Å²) < 4.78 is 7.38. The van der Waals surface area contributed by atoms with Crippen LogP contribution in [0.5, 0.6) is 0 Å². The van der Waals surface area contributed by atoms with E-state index in [2.05, 4.69) is 10.3 Å². The van der Waals surface area contributed by atoms with Gasteiger partial charge in [-0.05, 0) is 55.7 Å². The Bertz CT molecular complexity index is 1200. The Hall–Kier alpha value is -2.97. The van der Waals surface area contributed by atoms with Gasteiger partial charge in [-0.25, -0.2) is 4.98 Å². The highest BCUT2D eigenvalue weighted by Gasteiger charge is 2.21. The number of hydrogen-bond acceptors (Lipinski definition) is 6. The van der Waals surface area contributed by atoms with Gasteiger partial charge in [-0.3, -0.25) is 19.0 Å². The molecule has 7 nitrogen and oxygen atoms in total. The third kappa shape index (κ3) is 5.69. The molecule has 1 aliphatic rings. The van der Waals surface area contributed by atoms with Crippen LogP contribution in [0, 0.1) is 0 Å². The molecule has 1 amide bonds. The Kier molecular flexibility index (Phi) is 7.57. The normalized spacial score (nSPS) is 15.6. The fourth-order valence-electron chi connectivity index (χ4n) is 3.81. The zero-order chi connectivity index (χ0) is 23.2. The number of aromatic nitrogens is 2. The summed E-state index contributed by atoms with van der Waals surface area (Å²) in [5.41, 5.74) is 1.72. The van der Waals surface area contributed by atoms with Gasteiger partial charge in [0.15, 0.2) is 10.9 Å². The SMILES string of the molecule is CCCC(=O)Nc1ccc(C(=O)CSc2nc3ccccc3c(=O)n2C[C@@H]2CCCO2)cc1. The van der Waals surface area contributed by atoms with E-state index in [1.807, 2.05) is 25.1 Å². The summed E-state index contributed by atoms with van der Waals surface area (Å²) in [6, 6.07) is 14.1. The largest absolute Gasteiger partial charge is 0.376 e. The maximum Gasteiger partial charge on any atom is 0.262 e. The van der Waals surface area contributed by atoms with E-state index in [1.165, 1.54) is 11.8 Å². The Morgan fingerprint density at radius 1 is 1.18 bits per heavy atom. The zero-order valence-electron chi connectivity index (χ0n) is 18.6. The maximum absolute atomic E-state index is 13.2. The lowest BCUT2D eigenvalue weighted by molar-refractivity contribution is -0.116. The highest BCUT2D eigenvalue weighted by molar-refractivity contribution is 7.99. The van der Waals surface area contributed by atoms with Crippen molar-refractivity contribution in [3.63, 3.8) is 0 Å². The molecule has 1 aliphatic heterocycles. The number of nitrogens with zero attached hydrogens (tertiary/aromatic N) is 2. The molecule has 0 unspecified atom stereocenters. The molecule has 0 aliphatic carbocycles. The van der Waals surface area contributed by atoms with Crippen LogP contribution in [0.25, 0.3) is 10.9 Å². The fraction of sp³-hybridized carbons (Fsp3) is 0.360. The molecule has 33 heavy (non-hydrogen) atoms. The number of benzene rings is 2. The molecule has 0 spiro atoms. The van der Waals surface area contributed by atoms with Crippen LogP contribution in [0.4, 0.5) is 5.69 Å².